The molecule has 1 saturated heterocycles. The summed E-state index contributed by atoms with van der Waals surface area (Å²) in [6.45, 7) is 9.22. The van der Waals surface area contributed by atoms with Crippen LogP contribution in [-0.4, -0.2) is 79.1 Å². The van der Waals surface area contributed by atoms with Gasteiger partial charge < -0.3 is 27.4 Å². The summed E-state index contributed by atoms with van der Waals surface area (Å²) in [6, 6.07) is 11.0. The molecular formula is C34H52Cl4N6O. The molecule has 1 heterocycles. The fraction of sp³-hybridized carbons (Fsp3) is 0.618. The maximum atomic E-state index is 13.9. The molecule has 4 atom stereocenters. The monoisotopic (exact) mass is 700 g/mol. The van der Waals surface area contributed by atoms with Gasteiger partial charge in [0, 0.05) is 83.4 Å². The van der Waals surface area contributed by atoms with Gasteiger partial charge in [-0.3, -0.25) is 9.69 Å². The maximum Gasteiger partial charge on any atom is 0.224 e. The number of nitrogens with two attached hydrogens (primary N) is 3. The maximum absolute atomic E-state index is 13.9. The normalized spacial score (nSPS) is 18.8. The van der Waals surface area contributed by atoms with Crippen LogP contribution in [0.25, 0.3) is 0 Å². The summed E-state index contributed by atoms with van der Waals surface area (Å²) in [5.41, 5.74) is 20.7. The lowest BCUT2D eigenvalue weighted by Crippen LogP contribution is -2.61. The summed E-state index contributed by atoms with van der Waals surface area (Å²) in [5, 5.41) is 5.82. The van der Waals surface area contributed by atoms with Gasteiger partial charge in [-0.2, -0.15) is 0 Å². The van der Waals surface area contributed by atoms with Gasteiger partial charge in [-0.05, 0) is 86.4 Å². The molecule has 0 radical (unpaired) electrons. The molecule has 3 rings (SSSR count). The number of nitrogens with one attached hydrogen (secondary N) is 1. The molecule has 7 N–H and O–H groups in total. The van der Waals surface area contributed by atoms with Crippen molar-refractivity contribution in [3.05, 3.63) is 67.6 Å². The van der Waals surface area contributed by atoms with Crippen LogP contribution >= 0.6 is 46.4 Å². The zero-order valence-corrected chi connectivity index (χ0v) is 29.8. The molecule has 1 aliphatic heterocycles. The number of carbonyl (C=O) groups excluding carboxylic acids is 1. The molecule has 1 aliphatic rings. The van der Waals surface area contributed by atoms with Crippen molar-refractivity contribution >= 4 is 52.3 Å². The average Bonchev–Trinajstić information content (AvgIpc) is 2.97. The predicted molar refractivity (Wildman–Crippen MR) is 192 cm³/mol. The van der Waals surface area contributed by atoms with E-state index < -0.39 is 0 Å². The van der Waals surface area contributed by atoms with Gasteiger partial charge in [0.25, 0.3) is 0 Å². The molecule has 0 aliphatic carbocycles. The van der Waals surface area contributed by atoms with Gasteiger partial charge >= 0.3 is 0 Å². The number of halogens is 4. The molecule has 1 amide bonds. The number of hydrogen-bond acceptors (Lipinski definition) is 6. The van der Waals surface area contributed by atoms with E-state index in [2.05, 4.69) is 29.0 Å². The van der Waals surface area contributed by atoms with Crippen LogP contribution in [0.3, 0.4) is 0 Å². The molecule has 7 nitrogen and oxygen atoms in total. The largest absolute Gasteiger partial charge is 0.337 e. The summed E-state index contributed by atoms with van der Waals surface area (Å²) in [5.74, 6) is 0.565. The Kier molecular flexibility index (Phi) is 16.7. The minimum atomic E-state index is -0.335. The van der Waals surface area contributed by atoms with Crippen LogP contribution in [0.2, 0.25) is 20.1 Å². The molecule has 252 valence electrons. The van der Waals surface area contributed by atoms with Crippen LogP contribution in [0.4, 0.5) is 0 Å². The quantitative estimate of drug-likeness (QED) is 0.138. The fourth-order valence-corrected chi connectivity index (χ4v) is 7.22. The van der Waals surface area contributed by atoms with E-state index in [0.29, 0.717) is 51.9 Å². The molecular weight excluding hydrogens is 650 g/mol. The second-order valence-electron chi connectivity index (χ2n) is 12.9. The molecule has 2 aromatic rings. The highest BCUT2D eigenvalue weighted by Crippen LogP contribution is 2.27. The second kappa shape index (κ2) is 19.6. The number of hydrogen-bond donors (Lipinski definition) is 4. The Bertz CT molecular complexity index is 1200. The third-order valence-electron chi connectivity index (χ3n) is 8.55. The minimum Gasteiger partial charge on any atom is -0.337 e. The second-order valence-corrected chi connectivity index (χ2v) is 14.6. The van der Waals surface area contributed by atoms with Crippen LogP contribution < -0.4 is 22.5 Å². The van der Waals surface area contributed by atoms with Crippen molar-refractivity contribution in [1.82, 2.24) is 15.1 Å². The summed E-state index contributed by atoms with van der Waals surface area (Å²) >= 11 is 25.0. The van der Waals surface area contributed by atoms with Crippen LogP contribution in [0, 0.1) is 5.92 Å². The average molecular weight is 703 g/mol. The van der Waals surface area contributed by atoms with Crippen molar-refractivity contribution in [3.8, 4) is 0 Å². The van der Waals surface area contributed by atoms with Crippen molar-refractivity contribution in [1.29, 1.82) is 0 Å². The van der Waals surface area contributed by atoms with Crippen molar-refractivity contribution in [2.45, 2.75) is 89.4 Å². The SMILES string of the molecule is CC(C)C[C@@H]1CN(CC[C@H](N)Cc2ccc(Cl)cc2Cl)[C@@H](CCCCNCCN)CN1C(=O)C[C@H](N)Cc1ccc(Cl)cc1Cl. The van der Waals surface area contributed by atoms with Crippen molar-refractivity contribution < 1.29 is 4.79 Å². The fourth-order valence-electron chi connectivity index (χ4n) is 6.25. The molecule has 0 unspecified atom stereocenters. The van der Waals surface area contributed by atoms with Crippen LogP contribution in [0.15, 0.2) is 36.4 Å². The predicted octanol–water partition coefficient (Wildman–Crippen LogP) is 6.17. The first-order valence-electron chi connectivity index (χ1n) is 16.3. The van der Waals surface area contributed by atoms with Crippen molar-refractivity contribution in [2.24, 2.45) is 23.1 Å². The van der Waals surface area contributed by atoms with Gasteiger partial charge in [0.05, 0.1) is 0 Å². The minimum absolute atomic E-state index is 0.0364. The van der Waals surface area contributed by atoms with E-state index >= 15 is 0 Å². The Morgan fingerprint density at radius 2 is 1.51 bits per heavy atom. The Hall–Kier alpha value is -1.13. The number of unbranched alkanes of at least 4 members (excludes halogenated alkanes) is 1. The molecule has 0 spiro atoms. The van der Waals surface area contributed by atoms with Crippen LogP contribution in [-0.2, 0) is 17.6 Å². The Balaban J connectivity index is 1.69. The van der Waals surface area contributed by atoms with Crippen LogP contribution in [0.1, 0.15) is 63.5 Å². The van der Waals surface area contributed by atoms with E-state index in [9.17, 15) is 4.79 Å². The van der Waals surface area contributed by atoms with Crippen molar-refractivity contribution in [3.63, 3.8) is 0 Å². The first kappa shape index (κ1) is 38.3. The molecule has 0 aromatic heterocycles. The van der Waals surface area contributed by atoms with Gasteiger partial charge in [0.2, 0.25) is 5.91 Å². The van der Waals surface area contributed by atoms with E-state index in [0.717, 1.165) is 69.4 Å². The standard InChI is InChI=1S/C34H52Cl4N6O/c1-23(2)15-31-21-43(14-10-28(40)16-24-6-8-26(35)18-32(24)37)30(5-3-4-12-42-13-11-39)22-44(31)34(45)20-29(41)17-25-7-9-27(36)19-33(25)38/h6-9,18-19,23,28-31,42H,3-5,10-17,20-22,39-41H2,1-2H3/t28-,29+,30-,31+/m0/s1. The van der Waals surface area contributed by atoms with Crippen molar-refractivity contribution in [2.75, 3.05) is 39.3 Å². The van der Waals surface area contributed by atoms with E-state index in [1.807, 2.05) is 18.2 Å². The highest BCUT2D eigenvalue weighted by atomic mass is 35.5. The number of benzene rings is 2. The molecule has 0 bridgehead atoms. The molecule has 11 heteroatoms. The lowest BCUT2D eigenvalue weighted by atomic mass is 9.93. The summed E-state index contributed by atoms with van der Waals surface area (Å²) in [7, 11) is 0. The lowest BCUT2D eigenvalue weighted by Gasteiger charge is -2.48. The first-order valence-corrected chi connectivity index (χ1v) is 17.8. The number of piperazine rings is 1. The summed E-state index contributed by atoms with van der Waals surface area (Å²) in [6.07, 6.45) is 6.39. The highest BCUT2D eigenvalue weighted by Gasteiger charge is 2.36. The zero-order chi connectivity index (χ0) is 32.9. The van der Waals surface area contributed by atoms with Gasteiger partial charge in [-0.1, -0.05) is 78.8 Å². The van der Waals surface area contributed by atoms with Gasteiger partial charge in [0.15, 0.2) is 0 Å². The van der Waals surface area contributed by atoms with E-state index in [4.69, 9.17) is 63.6 Å². The van der Waals surface area contributed by atoms with Crippen LogP contribution in [0.5, 0.6) is 0 Å². The Morgan fingerprint density at radius 3 is 2.09 bits per heavy atom. The molecule has 1 fully saturated rings. The summed E-state index contributed by atoms with van der Waals surface area (Å²) < 4.78 is 0. The first-order chi connectivity index (χ1) is 21.5. The van der Waals surface area contributed by atoms with Gasteiger partial charge in [-0.15, -0.1) is 0 Å². The van der Waals surface area contributed by atoms with Gasteiger partial charge in [0.1, 0.15) is 0 Å². The number of nitrogens with zero attached hydrogens (tertiary/aromatic N) is 2. The smallest absolute Gasteiger partial charge is 0.224 e. The molecule has 0 saturated carbocycles. The third-order valence-corrected chi connectivity index (χ3v) is 9.73. The van der Waals surface area contributed by atoms with E-state index in [1.54, 1.807) is 18.2 Å². The lowest BCUT2D eigenvalue weighted by molar-refractivity contribution is -0.139. The van der Waals surface area contributed by atoms with E-state index in [1.165, 1.54) is 0 Å². The Labute approximate surface area is 290 Å². The zero-order valence-electron chi connectivity index (χ0n) is 26.8. The third kappa shape index (κ3) is 13.1. The number of rotatable bonds is 18. The van der Waals surface area contributed by atoms with Gasteiger partial charge in [-0.25, -0.2) is 0 Å². The molecule has 45 heavy (non-hydrogen) atoms. The number of carbonyl (C=O) groups is 1. The Morgan fingerprint density at radius 1 is 0.889 bits per heavy atom. The summed E-state index contributed by atoms with van der Waals surface area (Å²) in [4.78, 5) is 18.6. The number of amides is 1. The molecule has 2 aromatic carbocycles. The topological polar surface area (TPSA) is 114 Å². The van der Waals surface area contributed by atoms with E-state index in [-0.39, 0.29) is 36.5 Å². The highest BCUT2D eigenvalue weighted by molar-refractivity contribution is 6.35.